The summed E-state index contributed by atoms with van der Waals surface area (Å²) in [7, 11) is 0. The molecule has 0 radical (unpaired) electrons. The molecular weight excluding hydrogens is 320 g/mol. The zero-order valence-corrected chi connectivity index (χ0v) is 13.1. The number of nitrogens with zero attached hydrogens (tertiary/aromatic N) is 2. The van der Waals surface area contributed by atoms with Gasteiger partial charge < -0.3 is 15.7 Å². The van der Waals surface area contributed by atoms with E-state index < -0.39 is 11.9 Å². The Bertz CT molecular complexity index is 608. The second kappa shape index (κ2) is 10.2. The van der Waals surface area contributed by atoms with Crippen LogP contribution in [-0.4, -0.2) is 28.5 Å². The van der Waals surface area contributed by atoms with E-state index in [1.165, 1.54) is 12.4 Å². The molecule has 0 fully saturated rings. The van der Waals surface area contributed by atoms with Gasteiger partial charge in [-0.15, -0.1) is 0 Å². The topological polar surface area (TPSA) is 115 Å². The molecule has 23 heavy (non-hydrogen) atoms. The minimum Gasteiger partial charge on any atom is -0.481 e. The third-order valence-corrected chi connectivity index (χ3v) is 3.03. The molecule has 122 valence electrons. The molecule has 0 aliphatic heterocycles. The number of hydrogen-bond acceptors (Lipinski definition) is 5. The first-order chi connectivity index (χ1) is 11.0. The van der Waals surface area contributed by atoms with Crippen LogP contribution in [0.3, 0.4) is 0 Å². The number of halogens is 1. The average molecular weight is 337 g/mol. The zero-order chi connectivity index (χ0) is 17.1. The van der Waals surface area contributed by atoms with Gasteiger partial charge in [0, 0.05) is 25.4 Å². The summed E-state index contributed by atoms with van der Waals surface area (Å²) >= 11 is 5.71. The van der Waals surface area contributed by atoms with E-state index in [2.05, 4.69) is 15.6 Å². The van der Waals surface area contributed by atoms with Gasteiger partial charge in [-0.3, -0.25) is 9.59 Å². The van der Waals surface area contributed by atoms with E-state index in [9.17, 15) is 9.59 Å². The number of nitrogens with one attached hydrogen (secondary N) is 2. The SMILES string of the molecule is N#C/C(=C/Nc1ccc(Cl)cn1)C(=O)NCCCCCC(=O)O. The molecule has 1 aromatic rings. The number of aliphatic carboxylic acids is 1. The number of amides is 1. The predicted molar refractivity (Wildman–Crippen MR) is 85.7 cm³/mol. The number of nitriles is 1. The monoisotopic (exact) mass is 336 g/mol. The van der Waals surface area contributed by atoms with Crippen LogP contribution in [0.1, 0.15) is 25.7 Å². The van der Waals surface area contributed by atoms with Gasteiger partial charge in [0.15, 0.2) is 0 Å². The fourth-order valence-electron chi connectivity index (χ4n) is 1.63. The summed E-state index contributed by atoms with van der Waals surface area (Å²) in [5.41, 5.74) is -0.0766. The molecule has 0 bridgehead atoms. The van der Waals surface area contributed by atoms with Crippen molar-refractivity contribution >= 4 is 29.3 Å². The first kappa shape index (κ1) is 18.5. The minimum atomic E-state index is -0.828. The number of hydrogen-bond donors (Lipinski definition) is 3. The van der Waals surface area contributed by atoms with Crippen LogP contribution in [0.25, 0.3) is 0 Å². The smallest absolute Gasteiger partial charge is 0.303 e. The van der Waals surface area contributed by atoms with E-state index in [-0.39, 0.29) is 12.0 Å². The van der Waals surface area contributed by atoms with Gasteiger partial charge >= 0.3 is 5.97 Å². The quantitative estimate of drug-likeness (QED) is 0.362. The number of anilines is 1. The molecule has 1 heterocycles. The van der Waals surface area contributed by atoms with Crippen molar-refractivity contribution in [1.29, 1.82) is 5.26 Å². The first-order valence-electron chi connectivity index (χ1n) is 7.01. The molecule has 0 aliphatic rings. The van der Waals surface area contributed by atoms with Gasteiger partial charge in [-0.1, -0.05) is 18.0 Å². The summed E-state index contributed by atoms with van der Waals surface area (Å²) in [5.74, 6) is -0.860. The molecule has 0 aliphatic carbocycles. The van der Waals surface area contributed by atoms with E-state index in [0.29, 0.717) is 36.6 Å². The van der Waals surface area contributed by atoms with Gasteiger partial charge in [0.1, 0.15) is 17.5 Å². The molecule has 1 amide bonds. The largest absolute Gasteiger partial charge is 0.481 e. The van der Waals surface area contributed by atoms with Crippen molar-refractivity contribution in [2.45, 2.75) is 25.7 Å². The summed E-state index contributed by atoms with van der Waals surface area (Å²) in [6.45, 7) is 0.386. The van der Waals surface area contributed by atoms with E-state index in [1.807, 2.05) is 0 Å². The van der Waals surface area contributed by atoms with Crippen LogP contribution in [0.4, 0.5) is 5.82 Å². The maximum atomic E-state index is 11.8. The van der Waals surface area contributed by atoms with Crippen molar-refractivity contribution in [2.75, 3.05) is 11.9 Å². The van der Waals surface area contributed by atoms with Crippen LogP contribution in [-0.2, 0) is 9.59 Å². The lowest BCUT2D eigenvalue weighted by molar-refractivity contribution is -0.137. The Morgan fingerprint density at radius 2 is 2.13 bits per heavy atom. The lowest BCUT2D eigenvalue weighted by atomic mass is 10.2. The Hall–Kier alpha value is -2.59. The maximum Gasteiger partial charge on any atom is 0.303 e. The summed E-state index contributed by atoms with van der Waals surface area (Å²) in [6, 6.07) is 5.06. The number of carbonyl (C=O) groups excluding carboxylic acids is 1. The van der Waals surface area contributed by atoms with Crippen LogP contribution in [0.5, 0.6) is 0 Å². The van der Waals surface area contributed by atoms with Gasteiger partial charge in [-0.05, 0) is 25.0 Å². The van der Waals surface area contributed by atoms with Crippen molar-refractivity contribution < 1.29 is 14.7 Å². The van der Waals surface area contributed by atoms with Crippen molar-refractivity contribution in [3.8, 4) is 6.07 Å². The number of unbranched alkanes of at least 4 members (excludes halogenated alkanes) is 2. The third-order valence-electron chi connectivity index (χ3n) is 2.81. The summed E-state index contributed by atoms with van der Waals surface area (Å²) < 4.78 is 0. The number of carboxylic acid groups (broad SMARTS) is 1. The first-order valence-corrected chi connectivity index (χ1v) is 7.39. The number of pyridine rings is 1. The molecule has 0 unspecified atom stereocenters. The summed E-state index contributed by atoms with van der Waals surface area (Å²) in [6.07, 6.45) is 4.76. The second-order valence-electron chi connectivity index (χ2n) is 4.64. The Morgan fingerprint density at radius 3 is 2.74 bits per heavy atom. The normalized spacial score (nSPS) is 10.7. The van der Waals surface area contributed by atoms with Crippen LogP contribution in [0, 0.1) is 11.3 Å². The molecular formula is C15H17ClN4O3. The van der Waals surface area contributed by atoms with E-state index in [4.69, 9.17) is 22.0 Å². The van der Waals surface area contributed by atoms with Crippen LogP contribution in [0.2, 0.25) is 5.02 Å². The summed E-state index contributed by atoms with van der Waals surface area (Å²) in [4.78, 5) is 26.1. The highest BCUT2D eigenvalue weighted by atomic mass is 35.5. The Labute approximate surface area is 139 Å². The van der Waals surface area contributed by atoms with Gasteiger partial charge in [-0.25, -0.2) is 4.98 Å². The van der Waals surface area contributed by atoms with Gasteiger partial charge in [-0.2, -0.15) is 5.26 Å². The van der Waals surface area contributed by atoms with E-state index in [0.717, 1.165) is 0 Å². The molecule has 7 nitrogen and oxygen atoms in total. The highest BCUT2D eigenvalue weighted by Gasteiger charge is 2.08. The molecule has 0 saturated carbocycles. The van der Waals surface area contributed by atoms with Gasteiger partial charge in [0.2, 0.25) is 0 Å². The molecule has 0 saturated heterocycles. The fraction of sp³-hybridized carbons (Fsp3) is 0.333. The standard InChI is InChI=1S/C15H17ClN4O3/c16-12-5-6-13(20-10-12)19-9-11(8-17)15(23)18-7-3-1-2-4-14(21)22/h5-6,9-10H,1-4,7H2,(H,18,23)(H,19,20)(H,21,22)/b11-9-. The molecule has 8 heteroatoms. The zero-order valence-electron chi connectivity index (χ0n) is 12.4. The molecule has 1 aromatic heterocycles. The number of carbonyl (C=O) groups is 2. The lowest BCUT2D eigenvalue weighted by Crippen LogP contribution is -2.26. The van der Waals surface area contributed by atoms with Crippen molar-refractivity contribution in [2.24, 2.45) is 0 Å². The molecule has 0 aromatic carbocycles. The molecule has 0 atom stereocenters. The van der Waals surface area contributed by atoms with Crippen LogP contribution >= 0.6 is 11.6 Å². The van der Waals surface area contributed by atoms with Crippen molar-refractivity contribution in [1.82, 2.24) is 10.3 Å². The van der Waals surface area contributed by atoms with Gasteiger partial charge in [0.05, 0.1) is 5.02 Å². The predicted octanol–water partition coefficient (Wildman–Crippen LogP) is 2.32. The third kappa shape index (κ3) is 7.83. The second-order valence-corrected chi connectivity index (χ2v) is 5.07. The molecule has 3 N–H and O–H groups in total. The van der Waals surface area contributed by atoms with Gasteiger partial charge in [0.25, 0.3) is 5.91 Å². The van der Waals surface area contributed by atoms with Crippen LogP contribution in [0.15, 0.2) is 30.1 Å². The number of rotatable bonds is 9. The van der Waals surface area contributed by atoms with E-state index >= 15 is 0 Å². The molecule has 0 spiro atoms. The Morgan fingerprint density at radius 1 is 1.35 bits per heavy atom. The van der Waals surface area contributed by atoms with E-state index in [1.54, 1.807) is 18.2 Å². The van der Waals surface area contributed by atoms with Crippen LogP contribution < -0.4 is 10.6 Å². The van der Waals surface area contributed by atoms with Crippen molar-refractivity contribution in [3.05, 3.63) is 35.1 Å². The Kier molecular flexibility index (Phi) is 8.18. The average Bonchev–Trinajstić information content (AvgIpc) is 2.52. The highest BCUT2D eigenvalue weighted by Crippen LogP contribution is 2.09. The highest BCUT2D eigenvalue weighted by molar-refractivity contribution is 6.30. The fourth-order valence-corrected chi connectivity index (χ4v) is 1.74. The van der Waals surface area contributed by atoms with Crippen molar-refractivity contribution in [3.63, 3.8) is 0 Å². The summed E-state index contributed by atoms with van der Waals surface area (Å²) in [5, 5.41) is 23.3. The minimum absolute atomic E-state index is 0.0766. The maximum absolute atomic E-state index is 11.8. The number of aromatic nitrogens is 1. The number of carboxylic acids is 1. The Balaban J connectivity index is 2.36. The lowest BCUT2D eigenvalue weighted by Gasteiger charge is -2.04. The molecule has 1 rings (SSSR count).